The number of carbonyl (C=O) groups is 1. The van der Waals surface area contributed by atoms with Gasteiger partial charge in [-0.3, -0.25) is 14.2 Å². The Bertz CT molecular complexity index is 1610. The monoisotopic (exact) mass is 529 g/mol. The van der Waals surface area contributed by atoms with Crippen LogP contribution in [0.5, 0.6) is 5.75 Å². The molecule has 1 aliphatic rings. The van der Waals surface area contributed by atoms with Crippen molar-refractivity contribution in [3.8, 4) is 11.4 Å². The number of anilines is 4. The van der Waals surface area contributed by atoms with Gasteiger partial charge in [-0.2, -0.15) is 4.98 Å². The van der Waals surface area contributed by atoms with Crippen LogP contribution in [-0.4, -0.2) is 65.7 Å². The summed E-state index contributed by atoms with van der Waals surface area (Å²) in [6.45, 7) is 7.24. The zero-order chi connectivity index (χ0) is 27.5. The fraction of sp³-hybridized carbons (Fsp3) is 0.214. The van der Waals surface area contributed by atoms with E-state index in [1.54, 1.807) is 19.4 Å². The molecule has 2 aromatic heterocycles. The number of nitrogens with zero attached hydrogens (tertiary/aromatic N) is 5. The Hall–Kier alpha value is -4.77. The Kier molecular flexibility index (Phi) is 7.24. The number of benzene rings is 2. The molecule has 0 spiro atoms. The van der Waals surface area contributed by atoms with E-state index in [9.17, 15) is 14.0 Å². The fourth-order valence-corrected chi connectivity index (χ4v) is 4.43. The van der Waals surface area contributed by atoms with E-state index >= 15 is 0 Å². The smallest absolute Gasteiger partial charge is 0.256 e. The van der Waals surface area contributed by atoms with Gasteiger partial charge in [0, 0.05) is 61.3 Å². The first-order valence-corrected chi connectivity index (χ1v) is 12.4. The molecule has 3 heterocycles. The van der Waals surface area contributed by atoms with Gasteiger partial charge >= 0.3 is 0 Å². The van der Waals surface area contributed by atoms with Gasteiger partial charge in [0.25, 0.3) is 5.56 Å². The van der Waals surface area contributed by atoms with Crippen molar-refractivity contribution < 1.29 is 13.9 Å². The second kappa shape index (κ2) is 10.9. The summed E-state index contributed by atoms with van der Waals surface area (Å²) in [5.74, 6) is -0.309. The van der Waals surface area contributed by atoms with Crippen LogP contribution in [0.15, 0.2) is 72.2 Å². The molecule has 0 aliphatic carbocycles. The van der Waals surface area contributed by atoms with E-state index in [1.807, 2.05) is 18.2 Å². The van der Waals surface area contributed by atoms with Crippen LogP contribution in [-0.2, 0) is 4.79 Å². The molecule has 0 bridgehead atoms. The van der Waals surface area contributed by atoms with Gasteiger partial charge in [0.15, 0.2) is 5.65 Å². The predicted octanol–water partition coefficient (Wildman–Crippen LogP) is 3.55. The normalized spacial score (nSPS) is 13.8. The third-order valence-corrected chi connectivity index (χ3v) is 6.57. The topological polar surface area (TPSA) is 105 Å². The van der Waals surface area contributed by atoms with Crippen LogP contribution in [0.25, 0.3) is 16.7 Å². The molecule has 0 atom stereocenters. The van der Waals surface area contributed by atoms with Gasteiger partial charge in [-0.05, 0) is 49.5 Å². The summed E-state index contributed by atoms with van der Waals surface area (Å²) in [5, 5.41) is 6.26. The Morgan fingerprint density at radius 1 is 1.10 bits per heavy atom. The van der Waals surface area contributed by atoms with Crippen LogP contribution >= 0.6 is 0 Å². The number of hydrogen-bond donors (Lipinski definition) is 2. The molecule has 11 heteroatoms. The van der Waals surface area contributed by atoms with Crippen LogP contribution in [0.3, 0.4) is 0 Å². The highest BCUT2D eigenvalue weighted by molar-refractivity contribution is 5.99. The number of aromatic nitrogens is 3. The number of amides is 1. The fourth-order valence-electron chi connectivity index (χ4n) is 4.43. The van der Waals surface area contributed by atoms with Gasteiger partial charge in [-0.1, -0.05) is 6.58 Å². The molecule has 5 rings (SSSR count). The summed E-state index contributed by atoms with van der Waals surface area (Å²) >= 11 is 0. The van der Waals surface area contributed by atoms with Gasteiger partial charge in [-0.25, -0.2) is 9.37 Å². The van der Waals surface area contributed by atoms with Gasteiger partial charge < -0.3 is 25.2 Å². The standard InChI is InChI=1S/C28H28FN7O3/c1-4-25(37)31-19-6-8-21(29)23(15-19)36-26(38)10-5-18-17-30-28(33-27(18)36)32-22-9-7-20(16-24(22)39-3)35-13-11-34(2)12-14-35/h4-10,15-17H,1,11-14H2,2-3H3,(H,31,37)(H,30,32,33). The quantitative estimate of drug-likeness (QED) is 0.351. The van der Waals surface area contributed by atoms with Crippen molar-refractivity contribution in [2.75, 3.05) is 55.9 Å². The lowest BCUT2D eigenvalue weighted by Crippen LogP contribution is -2.44. The molecule has 2 N–H and O–H groups in total. The van der Waals surface area contributed by atoms with Gasteiger partial charge in [-0.15, -0.1) is 0 Å². The van der Waals surface area contributed by atoms with Crippen molar-refractivity contribution in [1.29, 1.82) is 0 Å². The van der Waals surface area contributed by atoms with E-state index < -0.39 is 17.3 Å². The van der Waals surface area contributed by atoms with E-state index in [0.717, 1.165) is 42.5 Å². The largest absolute Gasteiger partial charge is 0.494 e. The number of likely N-dealkylation sites (N-methyl/N-ethyl adjacent to an activating group) is 1. The molecule has 39 heavy (non-hydrogen) atoms. The molecular formula is C28H28FN7O3. The minimum absolute atomic E-state index is 0.0637. The van der Waals surface area contributed by atoms with Crippen LogP contribution in [0.2, 0.25) is 0 Å². The maximum atomic E-state index is 15.0. The minimum Gasteiger partial charge on any atom is -0.494 e. The van der Waals surface area contributed by atoms with E-state index in [-0.39, 0.29) is 17.3 Å². The van der Waals surface area contributed by atoms with Crippen LogP contribution < -0.4 is 25.8 Å². The van der Waals surface area contributed by atoms with Gasteiger partial charge in [0.1, 0.15) is 11.6 Å². The molecule has 4 aromatic rings. The summed E-state index contributed by atoms with van der Waals surface area (Å²) in [7, 11) is 3.70. The molecule has 0 unspecified atom stereocenters. The van der Waals surface area contributed by atoms with Crippen molar-refractivity contribution in [2.45, 2.75) is 0 Å². The number of hydrogen-bond acceptors (Lipinski definition) is 8. The molecule has 2 aromatic carbocycles. The molecule has 0 radical (unpaired) electrons. The summed E-state index contributed by atoms with van der Waals surface area (Å²) in [6, 6.07) is 12.7. The summed E-state index contributed by atoms with van der Waals surface area (Å²) < 4.78 is 21.8. The number of carbonyl (C=O) groups excluding carboxylic acids is 1. The summed E-state index contributed by atoms with van der Waals surface area (Å²) in [6.07, 6.45) is 2.65. The zero-order valence-corrected chi connectivity index (χ0v) is 21.6. The Balaban J connectivity index is 1.51. The third kappa shape index (κ3) is 5.43. The highest BCUT2D eigenvalue weighted by atomic mass is 19.1. The lowest BCUT2D eigenvalue weighted by Gasteiger charge is -2.34. The van der Waals surface area contributed by atoms with Crippen molar-refractivity contribution in [3.63, 3.8) is 0 Å². The van der Waals surface area contributed by atoms with E-state index in [4.69, 9.17) is 4.74 Å². The Labute approximate surface area is 224 Å². The van der Waals surface area contributed by atoms with Crippen LogP contribution in [0.4, 0.5) is 27.4 Å². The minimum atomic E-state index is -0.657. The summed E-state index contributed by atoms with van der Waals surface area (Å²) in [5.41, 5.74) is 1.63. The van der Waals surface area contributed by atoms with Crippen molar-refractivity contribution in [3.05, 3.63) is 83.6 Å². The highest BCUT2D eigenvalue weighted by Gasteiger charge is 2.17. The number of piperazine rings is 1. The maximum Gasteiger partial charge on any atom is 0.256 e. The van der Waals surface area contributed by atoms with Gasteiger partial charge in [0.2, 0.25) is 11.9 Å². The number of nitrogens with one attached hydrogen (secondary N) is 2. The first-order valence-electron chi connectivity index (χ1n) is 12.4. The van der Waals surface area contributed by atoms with Crippen molar-refractivity contribution in [2.24, 2.45) is 0 Å². The lowest BCUT2D eigenvalue weighted by molar-refractivity contribution is -0.111. The SMILES string of the molecule is C=CC(=O)Nc1ccc(F)c(-n2c(=O)ccc3cnc(Nc4ccc(N5CCN(C)CC5)cc4OC)nc32)c1. The van der Waals surface area contributed by atoms with E-state index in [0.29, 0.717) is 22.5 Å². The van der Waals surface area contributed by atoms with E-state index in [2.05, 4.69) is 44.0 Å². The maximum absolute atomic E-state index is 15.0. The Morgan fingerprint density at radius 2 is 1.90 bits per heavy atom. The number of halogens is 1. The number of methoxy groups -OCH3 is 1. The number of pyridine rings is 1. The molecule has 0 saturated carbocycles. The van der Waals surface area contributed by atoms with Crippen LogP contribution in [0, 0.1) is 5.82 Å². The zero-order valence-electron chi connectivity index (χ0n) is 21.6. The predicted molar refractivity (Wildman–Crippen MR) is 150 cm³/mol. The van der Waals surface area contributed by atoms with Crippen molar-refractivity contribution in [1.82, 2.24) is 19.4 Å². The number of ether oxygens (including phenoxy) is 1. The molecule has 10 nitrogen and oxygen atoms in total. The second-order valence-electron chi connectivity index (χ2n) is 9.14. The first kappa shape index (κ1) is 25.9. The molecule has 200 valence electrons. The highest BCUT2D eigenvalue weighted by Crippen LogP contribution is 2.32. The van der Waals surface area contributed by atoms with Crippen LogP contribution in [0.1, 0.15) is 0 Å². The average molecular weight is 530 g/mol. The molecule has 1 amide bonds. The first-order chi connectivity index (χ1) is 18.9. The average Bonchev–Trinajstić information content (AvgIpc) is 2.95. The molecule has 1 fully saturated rings. The third-order valence-electron chi connectivity index (χ3n) is 6.57. The molecular weight excluding hydrogens is 501 g/mol. The van der Waals surface area contributed by atoms with E-state index in [1.165, 1.54) is 24.3 Å². The number of rotatable bonds is 7. The number of fused-ring (bicyclic) bond motifs is 1. The van der Waals surface area contributed by atoms with Gasteiger partial charge in [0.05, 0.1) is 18.5 Å². The second-order valence-corrected chi connectivity index (χ2v) is 9.14. The summed E-state index contributed by atoms with van der Waals surface area (Å²) in [4.78, 5) is 38.2. The molecule has 1 saturated heterocycles. The van der Waals surface area contributed by atoms with Crippen molar-refractivity contribution >= 4 is 40.0 Å². The Morgan fingerprint density at radius 3 is 2.64 bits per heavy atom. The lowest BCUT2D eigenvalue weighted by atomic mass is 10.2. The molecule has 1 aliphatic heterocycles.